The van der Waals surface area contributed by atoms with Crippen LogP contribution in [0.25, 0.3) is 10.9 Å². The van der Waals surface area contributed by atoms with Gasteiger partial charge in [0.05, 0.1) is 5.52 Å². The van der Waals surface area contributed by atoms with Crippen LogP contribution in [0, 0.1) is 5.92 Å². The molecule has 1 aliphatic carbocycles. The van der Waals surface area contributed by atoms with Crippen molar-refractivity contribution in [1.82, 2.24) is 4.98 Å². The predicted octanol–water partition coefficient (Wildman–Crippen LogP) is 3.89. The number of aliphatic hydroxyl groups is 1. The number of para-hydroxylation sites is 1. The van der Waals surface area contributed by atoms with E-state index in [-0.39, 0.29) is 0 Å². The minimum absolute atomic E-state index is 0.300. The highest BCUT2D eigenvalue weighted by molar-refractivity contribution is 5.78. The van der Waals surface area contributed by atoms with Crippen molar-refractivity contribution in [3.05, 3.63) is 42.1 Å². The van der Waals surface area contributed by atoms with Crippen molar-refractivity contribution < 1.29 is 5.11 Å². The third kappa shape index (κ3) is 2.64. The maximum Gasteiger partial charge on any atom is 0.0705 e. The number of hydrogen-bond donors (Lipinski definition) is 1. The normalized spacial score (nSPS) is 23.6. The average molecular weight is 255 g/mol. The van der Waals surface area contributed by atoms with E-state index in [1.54, 1.807) is 0 Å². The minimum atomic E-state index is 0.300. The second kappa shape index (κ2) is 5.70. The second-order valence-corrected chi connectivity index (χ2v) is 5.59. The topological polar surface area (TPSA) is 33.1 Å². The van der Waals surface area contributed by atoms with Crippen LogP contribution in [-0.2, 0) is 0 Å². The van der Waals surface area contributed by atoms with Gasteiger partial charge in [0.1, 0.15) is 0 Å². The number of hydrogen-bond acceptors (Lipinski definition) is 2. The van der Waals surface area contributed by atoms with E-state index in [4.69, 9.17) is 4.98 Å². The van der Waals surface area contributed by atoms with Gasteiger partial charge in [-0.3, -0.25) is 4.98 Å². The molecule has 0 bridgehead atoms. The molecule has 1 aliphatic rings. The van der Waals surface area contributed by atoms with Gasteiger partial charge in [0.15, 0.2) is 0 Å². The van der Waals surface area contributed by atoms with Gasteiger partial charge in [-0.1, -0.05) is 37.1 Å². The minimum Gasteiger partial charge on any atom is -0.396 e. The molecular weight excluding hydrogens is 234 g/mol. The van der Waals surface area contributed by atoms with Crippen LogP contribution in [0.15, 0.2) is 36.4 Å². The van der Waals surface area contributed by atoms with E-state index in [0.29, 0.717) is 18.4 Å². The Kier molecular flexibility index (Phi) is 3.79. The summed E-state index contributed by atoms with van der Waals surface area (Å²) < 4.78 is 0. The van der Waals surface area contributed by atoms with E-state index in [0.717, 1.165) is 11.9 Å². The fraction of sp³-hybridized carbons (Fsp3) is 0.471. The number of nitrogens with zero attached hydrogens (tertiary/aromatic N) is 1. The molecule has 1 aromatic heterocycles. The molecule has 2 atom stereocenters. The molecule has 2 aromatic rings. The lowest BCUT2D eigenvalue weighted by molar-refractivity contribution is 0.210. The first kappa shape index (κ1) is 12.6. The molecule has 100 valence electrons. The zero-order chi connectivity index (χ0) is 13.1. The van der Waals surface area contributed by atoms with Gasteiger partial charge in [0, 0.05) is 23.6 Å². The summed E-state index contributed by atoms with van der Waals surface area (Å²) in [6.45, 7) is 0.300. The zero-order valence-electron chi connectivity index (χ0n) is 11.3. The Bertz CT molecular complexity index is 550. The first-order chi connectivity index (χ1) is 9.38. The molecule has 2 heteroatoms. The van der Waals surface area contributed by atoms with Crippen LogP contribution in [0.4, 0.5) is 0 Å². The van der Waals surface area contributed by atoms with Crippen molar-refractivity contribution in [3.63, 3.8) is 0 Å². The van der Waals surface area contributed by atoms with Gasteiger partial charge in [-0.25, -0.2) is 0 Å². The summed E-state index contributed by atoms with van der Waals surface area (Å²) in [5, 5.41) is 10.4. The van der Waals surface area contributed by atoms with Crippen LogP contribution in [0.5, 0.6) is 0 Å². The van der Waals surface area contributed by atoms with Gasteiger partial charge < -0.3 is 5.11 Å². The largest absolute Gasteiger partial charge is 0.396 e. The van der Waals surface area contributed by atoms with E-state index in [1.807, 2.05) is 6.07 Å². The van der Waals surface area contributed by atoms with E-state index in [2.05, 4.69) is 30.3 Å². The quantitative estimate of drug-likeness (QED) is 0.902. The summed E-state index contributed by atoms with van der Waals surface area (Å²) in [4.78, 5) is 4.85. The fourth-order valence-electron chi connectivity index (χ4n) is 3.40. The lowest BCUT2D eigenvalue weighted by Gasteiger charge is -2.31. The Hall–Kier alpha value is -1.41. The molecule has 1 saturated carbocycles. The Morgan fingerprint density at radius 3 is 2.79 bits per heavy atom. The number of rotatable bonds is 3. The van der Waals surface area contributed by atoms with Crippen LogP contribution in [0.3, 0.4) is 0 Å². The van der Waals surface area contributed by atoms with Gasteiger partial charge in [0.2, 0.25) is 0 Å². The Labute approximate surface area is 114 Å². The standard InChI is InChI=1S/C17H21NO/c19-12-11-13-5-1-3-7-15(13)17-10-9-14-6-2-4-8-16(14)18-17/h2,4,6,8-10,13,15,19H,1,3,5,7,11-12H2/t13-,15+/m1/s1. The van der Waals surface area contributed by atoms with E-state index >= 15 is 0 Å². The first-order valence-electron chi connectivity index (χ1n) is 7.35. The van der Waals surface area contributed by atoms with Crippen molar-refractivity contribution in [2.24, 2.45) is 5.92 Å². The first-order valence-corrected chi connectivity index (χ1v) is 7.35. The SMILES string of the molecule is OCC[C@H]1CCCC[C@@H]1c1ccc2ccccc2n1. The molecule has 1 aromatic carbocycles. The molecule has 0 spiro atoms. The number of aromatic nitrogens is 1. The number of fused-ring (bicyclic) bond motifs is 1. The summed E-state index contributed by atoms with van der Waals surface area (Å²) in [5.41, 5.74) is 2.31. The number of pyridine rings is 1. The summed E-state index contributed by atoms with van der Waals surface area (Å²) >= 11 is 0. The summed E-state index contributed by atoms with van der Waals surface area (Å²) in [7, 11) is 0. The molecule has 0 unspecified atom stereocenters. The van der Waals surface area contributed by atoms with Crippen LogP contribution < -0.4 is 0 Å². The van der Waals surface area contributed by atoms with Gasteiger partial charge in [-0.15, -0.1) is 0 Å². The third-order valence-electron chi connectivity index (χ3n) is 4.41. The van der Waals surface area contributed by atoms with Gasteiger partial charge in [-0.2, -0.15) is 0 Å². The molecule has 0 amide bonds. The van der Waals surface area contributed by atoms with Crippen molar-refractivity contribution in [3.8, 4) is 0 Å². The average Bonchev–Trinajstić information content (AvgIpc) is 2.48. The zero-order valence-corrected chi connectivity index (χ0v) is 11.3. The highest BCUT2D eigenvalue weighted by Crippen LogP contribution is 2.39. The lowest BCUT2D eigenvalue weighted by Crippen LogP contribution is -2.19. The Morgan fingerprint density at radius 1 is 1.05 bits per heavy atom. The molecule has 0 saturated heterocycles. The van der Waals surface area contributed by atoms with E-state index in [1.165, 1.54) is 36.8 Å². The molecule has 1 heterocycles. The number of aliphatic hydroxyl groups excluding tert-OH is 1. The molecule has 0 radical (unpaired) electrons. The van der Waals surface area contributed by atoms with Crippen LogP contribution in [-0.4, -0.2) is 16.7 Å². The summed E-state index contributed by atoms with van der Waals surface area (Å²) in [6.07, 6.45) is 5.96. The molecule has 1 fully saturated rings. The Morgan fingerprint density at radius 2 is 1.89 bits per heavy atom. The van der Waals surface area contributed by atoms with E-state index < -0.39 is 0 Å². The van der Waals surface area contributed by atoms with Crippen molar-refractivity contribution >= 4 is 10.9 Å². The Balaban J connectivity index is 1.92. The van der Waals surface area contributed by atoms with Crippen molar-refractivity contribution in [2.75, 3.05) is 6.61 Å². The van der Waals surface area contributed by atoms with Crippen molar-refractivity contribution in [2.45, 2.75) is 38.0 Å². The van der Waals surface area contributed by atoms with Crippen molar-refractivity contribution in [1.29, 1.82) is 0 Å². The third-order valence-corrected chi connectivity index (χ3v) is 4.41. The highest BCUT2D eigenvalue weighted by atomic mass is 16.3. The monoisotopic (exact) mass is 255 g/mol. The highest BCUT2D eigenvalue weighted by Gasteiger charge is 2.27. The maximum atomic E-state index is 9.23. The maximum absolute atomic E-state index is 9.23. The second-order valence-electron chi connectivity index (χ2n) is 5.59. The van der Waals surface area contributed by atoms with Crippen LogP contribution >= 0.6 is 0 Å². The molecule has 1 N–H and O–H groups in total. The van der Waals surface area contributed by atoms with Crippen LogP contribution in [0.2, 0.25) is 0 Å². The molecular formula is C17H21NO. The smallest absolute Gasteiger partial charge is 0.0705 e. The predicted molar refractivity (Wildman–Crippen MR) is 78.1 cm³/mol. The number of benzene rings is 1. The molecule has 0 aliphatic heterocycles. The molecule has 3 rings (SSSR count). The summed E-state index contributed by atoms with van der Waals surface area (Å²) in [5.74, 6) is 1.14. The lowest BCUT2D eigenvalue weighted by atomic mass is 9.76. The van der Waals surface area contributed by atoms with Gasteiger partial charge in [-0.05, 0) is 37.3 Å². The molecule has 19 heavy (non-hydrogen) atoms. The van der Waals surface area contributed by atoms with Gasteiger partial charge in [0.25, 0.3) is 0 Å². The van der Waals surface area contributed by atoms with Gasteiger partial charge >= 0.3 is 0 Å². The summed E-state index contributed by atoms with van der Waals surface area (Å²) in [6, 6.07) is 12.7. The van der Waals surface area contributed by atoms with Crippen LogP contribution in [0.1, 0.15) is 43.7 Å². The molecule has 2 nitrogen and oxygen atoms in total. The van der Waals surface area contributed by atoms with E-state index in [9.17, 15) is 5.11 Å². The fourth-order valence-corrected chi connectivity index (χ4v) is 3.40.